The van der Waals surface area contributed by atoms with Gasteiger partial charge in [0.1, 0.15) is 5.82 Å². The van der Waals surface area contributed by atoms with Crippen LogP contribution in [0.4, 0.5) is 9.18 Å². The van der Waals surface area contributed by atoms with E-state index in [0.29, 0.717) is 13.2 Å². The zero-order chi connectivity index (χ0) is 18.1. The molecule has 25 heavy (non-hydrogen) atoms. The topological polar surface area (TPSA) is 44.8 Å². The minimum Gasteiger partial charge on any atom is -0.374 e. The first-order chi connectivity index (χ1) is 12.1. The number of nitrogens with one attached hydrogen (secondary N) is 1. The second-order valence-electron chi connectivity index (χ2n) is 6.30. The van der Waals surface area contributed by atoms with Crippen molar-refractivity contribution < 1.29 is 13.9 Å². The van der Waals surface area contributed by atoms with Crippen LogP contribution in [-0.4, -0.2) is 61.7 Å². The van der Waals surface area contributed by atoms with Gasteiger partial charge in [-0.15, -0.1) is 0 Å². The number of nitrogens with zero attached hydrogens (tertiary/aromatic N) is 2. The van der Waals surface area contributed by atoms with Gasteiger partial charge in [0.05, 0.1) is 6.10 Å². The molecule has 1 aromatic rings. The van der Waals surface area contributed by atoms with Gasteiger partial charge in [-0.1, -0.05) is 12.1 Å². The second-order valence-corrected chi connectivity index (χ2v) is 6.30. The lowest BCUT2D eigenvalue weighted by molar-refractivity contribution is 0.0508. The van der Waals surface area contributed by atoms with Crippen molar-refractivity contribution in [2.75, 3.05) is 45.9 Å². The van der Waals surface area contributed by atoms with E-state index < -0.39 is 0 Å². The number of piperazine rings is 1. The highest BCUT2D eigenvalue weighted by Crippen LogP contribution is 2.23. The van der Waals surface area contributed by atoms with Gasteiger partial charge in [-0.3, -0.25) is 4.90 Å². The maximum absolute atomic E-state index is 13.1. The van der Waals surface area contributed by atoms with Gasteiger partial charge in [-0.25, -0.2) is 9.18 Å². The number of urea groups is 1. The molecule has 0 aromatic heterocycles. The summed E-state index contributed by atoms with van der Waals surface area (Å²) in [5.74, 6) is -0.219. The van der Waals surface area contributed by atoms with Crippen molar-refractivity contribution in [3.05, 3.63) is 35.6 Å². The van der Waals surface area contributed by atoms with Crippen molar-refractivity contribution in [1.29, 1.82) is 0 Å². The molecule has 1 atom stereocenters. The summed E-state index contributed by atoms with van der Waals surface area (Å²) in [5, 5.41) is 2.85. The van der Waals surface area contributed by atoms with Gasteiger partial charge >= 0.3 is 6.03 Å². The van der Waals surface area contributed by atoms with Crippen LogP contribution in [0, 0.1) is 5.82 Å². The first-order valence-electron chi connectivity index (χ1n) is 9.26. The van der Waals surface area contributed by atoms with Crippen molar-refractivity contribution in [2.45, 2.75) is 32.8 Å². The molecule has 1 N–H and O–H groups in total. The lowest BCUT2D eigenvalue weighted by atomic mass is 10.0. The van der Waals surface area contributed by atoms with E-state index in [0.717, 1.165) is 51.1 Å². The molecule has 0 bridgehead atoms. The lowest BCUT2D eigenvalue weighted by Crippen LogP contribution is -2.51. The summed E-state index contributed by atoms with van der Waals surface area (Å²) in [6, 6.07) is 6.63. The molecule has 0 radical (unpaired) electrons. The summed E-state index contributed by atoms with van der Waals surface area (Å²) in [7, 11) is 0. The molecule has 1 heterocycles. The third-order valence-corrected chi connectivity index (χ3v) is 4.54. The third kappa shape index (κ3) is 6.29. The Labute approximate surface area is 150 Å². The fraction of sp³-hybridized carbons (Fsp3) is 0.632. The lowest BCUT2D eigenvalue weighted by Gasteiger charge is -2.34. The van der Waals surface area contributed by atoms with Crippen molar-refractivity contribution in [2.24, 2.45) is 0 Å². The van der Waals surface area contributed by atoms with E-state index in [2.05, 4.69) is 10.2 Å². The summed E-state index contributed by atoms with van der Waals surface area (Å²) in [5.41, 5.74) is 1.03. The van der Waals surface area contributed by atoms with Crippen molar-refractivity contribution in [3.63, 3.8) is 0 Å². The molecule has 140 valence electrons. The van der Waals surface area contributed by atoms with Gasteiger partial charge in [-0.05, 0) is 50.9 Å². The molecular formula is C19H30FN3O2. The van der Waals surface area contributed by atoms with Gasteiger partial charge in [0.2, 0.25) is 0 Å². The van der Waals surface area contributed by atoms with Crippen LogP contribution in [0.1, 0.15) is 38.4 Å². The normalized spacial score (nSPS) is 16.7. The molecule has 5 nitrogen and oxygen atoms in total. The van der Waals surface area contributed by atoms with Gasteiger partial charge in [0.25, 0.3) is 0 Å². The van der Waals surface area contributed by atoms with E-state index in [4.69, 9.17) is 4.74 Å². The van der Waals surface area contributed by atoms with Crippen LogP contribution in [0.15, 0.2) is 24.3 Å². The fourth-order valence-corrected chi connectivity index (χ4v) is 3.16. The summed E-state index contributed by atoms with van der Waals surface area (Å²) in [6.45, 7) is 9.60. The minimum atomic E-state index is -0.219. The van der Waals surface area contributed by atoms with Gasteiger partial charge in [-0.2, -0.15) is 0 Å². The van der Waals surface area contributed by atoms with E-state index in [1.807, 2.05) is 18.7 Å². The van der Waals surface area contributed by atoms with Crippen molar-refractivity contribution in [3.8, 4) is 0 Å². The van der Waals surface area contributed by atoms with E-state index >= 15 is 0 Å². The van der Waals surface area contributed by atoms with Crippen LogP contribution in [0.5, 0.6) is 0 Å². The Morgan fingerprint density at radius 3 is 2.48 bits per heavy atom. The van der Waals surface area contributed by atoms with Gasteiger partial charge < -0.3 is 15.0 Å². The van der Waals surface area contributed by atoms with E-state index in [9.17, 15) is 9.18 Å². The molecule has 0 spiro atoms. The fourth-order valence-electron chi connectivity index (χ4n) is 3.16. The maximum Gasteiger partial charge on any atom is 0.317 e. The average Bonchev–Trinajstić information content (AvgIpc) is 2.62. The van der Waals surface area contributed by atoms with Crippen LogP contribution in [0.3, 0.4) is 0 Å². The molecule has 1 aliphatic rings. The number of amides is 2. The van der Waals surface area contributed by atoms with E-state index in [1.54, 1.807) is 12.1 Å². The quantitative estimate of drug-likeness (QED) is 0.783. The largest absolute Gasteiger partial charge is 0.374 e. The monoisotopic (exact) mass is 351 g/mol. The Morgan fingerprint density at radius 1 is 1.20 bits per heavy atom. The Kier molecular flexibility index (Phi) is 8.15. The highest BCUT2D eigenvalue weighted by atomic mass is 19.1. The highest BCUT2D eigenvalue weighted by molar-refractivity contribution is 5.74. The average molecular weight is 351 g/mol. The molecule has 1 aromatic carbocycles. The number of ether oxygens (including phenoxy) is 1. The number of carbonyl (C=O) groups is 1. The van der Waals surface area contributed by atoms with Crippen molar-refractivity contribution in [1.82, 2.24) is 15.1 Å². The molecule has 0 aliphatic carbocycles. The molecule has 1 fully saturated rings. The molecular weight excluding hydrogens is 321 g/mol. The number of carbonyl (C=O) groups excluding carboxylic acids is 1. The predicted molar refractivity (Wildman–Crippen MR) is 97.1 cm³/mol. The SMILES string of the molecule is CCNC(=O)N1CCN(CCCC(OCC)c2ccc(F)cc2)CC1. The van der Waals surface area contributed by atoms with E-state index in [1.165, 1.54) is 12.1 Å². The number of hydrogen-bond acceptors (Lipinski definition) is 3. The van der Waals surface area contributed by atoms with Crippen LogP contribution < -0.4 is 5.32 Å². The number of hydrogen-bond donors (Lipinski definition) is 1. The summed E-state index contributed by atoms with van der Waals surface area (Å²) >= 11 is 0. The Bertz CT molecular complexity index is 516. The molecule has 1 unspecified atom stereocenters. The maximum atomic E-state index is 13.1. The summed E-state index contributed by atoms with van der Waals surface area (Å²) in [4.78, 5) is 16.1. The van der Waals surface area contributed by atoms with E-state index in [-0.39, 0.29) is 18.0 Å². The molecule has 2 rings (SSSR count). The summed E-state index contributed by atoms with van der Waals surface area (Å²) < 4.78 is 18.9. The first-order valence-corrected chi connectivity index (χ1v) is 9.26. The zero-order valence-corrected chi connectivity index (χ0v) is 15.3. The van der Waals surface area contributed by atoms with Crippen LogP contribution in [0.25, 0.3) is 0 Å². The van der Waals surface area contributed by atoms with Crippen LogP contribution in [-0.2, 0) is 4.74 Å². The predicted octanol–water partition coefficient (Wildman–Crippen LogP) is 3.03. The molecule has 2 amide bonds. The second kappa shape index (κ2) is 10.4. The Hall–Kier alpha value is -1.66. The van der Waals surface area contributed by atoms with Crippen LogP contribution >= 0.6 is 0 Å². The first kappa shape index (κ1) is 19.7. The van der Waals surface area contributed by atoms with Crippen molar-refractivity contribution >= 4 is 6.03 Å². The Morgan fingerprint density at radius 2 is 1.88 bits per heavy atom. The standard InChI is InChI=1S/C19H30FN3O2/c1-3-21-19(24)23-14-12-22(13-15-23)11-5-6-18(25-4-2)16-7-9-17(20)10-8-16/h7-10,18H,3-6,11-15H2,1-2H3,(H,21,24). The smallest absolute Gasteiger partial charge is 0.317 e. The molecule has 0 saturated carbocycles. The minimum absolute atomic E-state index is 0.0159. The number of halogens is 1. The molecule has 6 heteroatoms. The third-order valence-electron chi connectivity index (χ3n) is 4.54. The van der Waals surface area contributed by atoms with Gasteiger partial charge in [0, 0.05) is 39.3 Å². The number of rotatable bonds is 8. The highest BCUT2D eigenvalue weighted by Gasteiger charge is 2.20. The molecule has 1 aliphatic heterocycles. The summed E-state index contributed by atoms with van der Waals surface area (Å²) in [6.07, 6.45) is 1.95. The van der Waals surface area contributed by atoms with Crippen LogP contribution in [0.2, 0.25) is 0 Å². The Balaban J connectivity index is 1.73. The molecule has 1 saturated heterocycles. The zero-order valence-electron chi connectivity index (χ0n) is 15.3. The number of benzene rings is 1. The van der Waals surface area contributed by atoms with Gasteiger partial charge in [0.15, 0.2) is 0 Å².